The molecular formula is C18H26N2O. The first-order valence-electron chi connectivity index (χ1n) is 8.32. The summed E-state index contributed by atoms with van der Waals surface area (Å²) in [5.74, 6) is 0.305. The minimum Gasteiger partial charge on any atom is -0.338 e. The van der Waals surface area contributed by atoms with E-state index in [2.05, 4.69) is 35.3 Å². The summed E-state index contributed by atoms with van der Waals surface area (Å²) in [6.07, 6.45) is 6.60. The van der Waals surface area contributed by atoms with Crippen molar-refractivity contribution in [3.8, 4) is 0 Å². The van der Waals surface area contributed by atoms with Gasteiger partial charge in [-0.1, -0.05) is 29.8 Å². The number of likely N-dealkylation sites (tertiary alicyclic amines) is 1. The van der Waals surface area contributed by atoms with E-state index in [0.717, 1.165) is 31.5 Å². The fraction of sp³-hybridized carbons (Fsp3) is 0.611. The lowest BCUT2D eigenvalue weighted by molar-refractivity contribution is -0.134. The van der Waals surface area contributed by atoms with Crippen LogP contribution in [0, 0.1) is 6.92 Å². The molecule has 0 radical (unpaired) electrons. The molecule has 2 atom stereocenters. The average Bonchev–Trinajstić information content (AvgIpc) is 3.01. The number of aryl methyl sites for hydroxylation is 1. The van der Waals surface area contributed by atoms with Crippen molar-refractivity contribution in [2.24, 2.45) is 0 Å². The number of piperidine rings is 1. The Kier molecular flexibility index (Phi) is 4.59. The quantitative estimate of drug-likeness (QED) is 0.926. The van der Waals surface area contributed by atoms with Gasteiger partial charge in [0.1, 0.15) is 0 Å². The van der Waals surface area contributed by atoms with Gasteiger partial charge in [-0.05, 0) is 51.1 Å². The minimum absolute atomic E-state index is 0.305. The zero-order valence-electron chi connectivity index (χ0n) is 13.0. The van der Waals surface area contributed by atoms with E-state index in [1.165, 1.54) is 24.8 Å². The third-order valence-electron chi connectivity index (χ3n) is 4.87. The molecule has 1 aromatic rings. The number of hydrogen-bond donors (Lipinski definition) is 1. The Morgan fingerprint density at radius 2 is 2.19 bits per heavy atom. The van der Waals surface area contributed by atoms with Crippen molar-refractivity contribution >= 4 is 5.91 Å². The lowest BCUT2D eigenvalue weighted by Crippen LogP contribution is -2.53. The largest absolute Gasteiger partial charge is 0.338 e. The smallest absolute Gasteiger partial charge is 0.227 e. The summed E-state index contributed by atoms with van der Waals surface area (Å²) in [5, 5.41) is 3.59. The van der Waals surface area contributed by atoms with Crippen LogP contribution in [0.15, 0.2) is 24.3 Å². The molecule has 3 heteroatoms. The molecule has 1 aromatic carbocycles. The van der Waals surface area contributed by atoms with Crippen LogP contribution in [0.1, 0.15) is 43.2 Å². The highest BCUT2D eigenvalue weighted by molar-refractivity contribution is 5.79. The molecule has 0 bridgehead atoms. The molecule has 2 heterocycles. The molecule has 2 fully saturated rings. The fourth-order valence-corrected chi connectivity index (χ4v) is 3.82. The number of hydrogen-bond acceptors (Lipinski definition) is 2. The SMILES string of the molecule is Cc1cccc(CC(=O)N2CCCCC2C2CCCN2)c1. The Hall–Kier alpha value is -1.35. The summed E-state index contributed by atoms with van der Waals surface area (Å²) in [7, 11) is 0. The van der Waals surface area contributed by atoms with Crippen LogP contribution in [0.2, 0.25) is 0 Å². The summed E-state index contributed by atoms with van der Waals surface area (Å²) < 4.78 is 0. The maximum absolute atomic E-state index is 12.7. The van der Waals surface area contributed by atoms with E-state index in [0.29, 0.717) is 24.4 Å². The molecule has 2 aliphatic rings. The van der Waals surface area contributed by atoms with Gasteiger partial charge in [0, 0.05) is 18.6 Å². The second-order valence-corrected chi connectivity index (χ2v) is 6.52. The molecule has 0 aliphatic carbocycles. The van der Waals surface area contributed by atoms with Gasteiger partial charge in [-0.2, -0.15) is 0 Å². The maximum Gasteiger partial charge on any atom is 0.227 e. The Labute approximate surface area is 127 Å². The topological polar surface area (TPSA) is 32.3 Å². The second kappa shape index (κ2) is 6.61. The van der Waals surface area contributed by atoms with Crippen molar-refractivity contribution < 1.29 is 4.79 Å². The van der Waals surface area contributed by atoms with E-state index in [1.54, 1.807) is 0 Å². The van der Waals surface area contributed by atoms with E-state index >= 15 is 0 Å². The zero-order chi connectivity index (χ0) is 14.7. The molecule has 2 aliphatic heterocycles. The van der Waals surface area contributed by atoms with Gasteiger partial charge in [0.25, 0.3) is 0 Å². The molecule has 0 spiro atoms. The van der Waals surface area contributed by atoms with E-state index in [9.17, 15) is 4.79 Å². The van der Waals surface area contributed by atoms with Crippen molar-refractivity contribution in [3.05, 3.63) is 35.4 Å². The number of amides is 1. The lowest BCUT2D eigenvalue weighted by Gasteiger charge is -2.39. The summed E-state index contributed by atoms with van der Waals surface area (Å²) in [6.45, 7) is 4.13. The zero-order valence-corrected chi connectivity index (χ0v) is 13.0. The van der Waals surface area contributed by atoms with Crippen LogP contribution in [0.4, 0.5) is 0 Å². The predicted molar refractivity (Wildman–Crippen MR) is 85.3 cm³/mol. The Morgan fingerprint density at radius 3 is 2.95 bits per heavy atom. The van der Waals surface area contributed by atoms with Crippen LogP contribution < -0.4 is 5.32 Å². The summed E-state index contributed by atoms with van der Waals surface area (Å²) in [4.78, 5) is 14.9. The van der Waals surface area contributed by atoms with E-state index in [1.807, 2.05) is 6.07 Å². The summed E-state index contributed by atoms with van der Waals surface area (Å²) >= 11 is 0. The lowest BCUT2D eigenvalue weighted by atomic mass is 9.93. The fourth-order valence-electron chi connectivity index (χ4n) is 3.82. The van der Waals surface area contributed by atoms with Gasteiger partial charge in [0.15, 0.2) is 0 Å². The number of rotatable bonds is 3. The number of nitrogens with one attached hydrogen (secondary N) is 1. The number of carbonyl (C=O) groups excluding carboxylic acids is 1. The molecule has 3 nitrogen and oxygen atoms in total. The molecule has 114 valence electrons. The average molecular weight is 286 g/mol. The Morgan fingerprint density at radius 1 is 1.29 bits per heavy atom. The first-order valence-corrected chi connectivity index (χ1v) is 8.32. The van der Waals surface area contributed by atoms with Crippen molar-refractivity contribution in [2.75, 3.05) is 13.1 Å². The van der Waals surface area contributed by atoms with E-state index in [4.69, 9.17) is 0 Å². The first kappa shape index (κ1) is 14.6. The van der Waals surface area contributed by atoms with Gasteiger partial charge in [-0.25, -0.2) is 0 Å². The summed E-state index contributed by atoms with van der Waals surface area (Å²) in [6, 6.07) is 9.26. The molecule has 2 unspecified atom stereocenters. The molecule has 2 saturated heterocycles. The van der Waals surface area contributed by atoms with Crippen LogP contribution in [0.25, 0.3) is 0 Å². The van der Waals surface area contributed by atoms with Crippen molar-refractivity contribution in [2.45, 2.75) is 57.5 Å². The van der Waals surface area contributed by atoms with Gasteiger partial charge in [0.2, 0.25) is 5.91 Å². The number of carbonyl (C=O) groups is 1. The third-order valence-corrected chi connectivity index (χ3v) is 4.87. The van der Waals surface area contributed by atoms with Crippen LogP contribution in [0.5, 0.6) is 0 Å². The second-order valence-electron chi connectivity index (χ2n) is 6.52. The van der Waals surface area contributed by atoms with Gasteiger partial charge in [-0.15, -0.1) is 0 Å². The van der Waals surface area contributed by atoms with Crippen LogP contribution >= 0.6 is 0 Å². The van der Waals surface area contributed by atoms with Crippen LogP contribution in [-0.2, 0) is 11.2 Å². The molecule has 0 saturated carbocycles. The highest BCUT2D eigenvalue weighted by Crippen LogP contribution is 2.25. The Balaban J connectivity index is 1.68. The van der Waals surface area contributed by atoms with E-state index in [-0.39, 0.29) is 0 Å². The first-order chi connectivity index (χ1) is 10.2. The molecule has 3 rings (SSSR count). The van der Waals surface area contributed by atoms with E-state index < -0.39 is 0 Å². The van der Waals surface area contributed by atoms with Gasteiger partial charge in [0.05, 0.1) is 6.42 Å². The minimum atomic E-state index is 0.305. The van der Waals surface area contributed by atoms with Gasteiger partial charge >= 0.3 is 0 Å². The molecule has 1 N–H and O–H groups in total. The van der Waals surface area contributed by atoms with Crippen molar-refractivity contribution in [1.82, 2.24) is 10.2 Å². The third kappa shape index (κ3) is 3.46. The highest BCUT2D eigenvalue weighted by Gasteiger charge is 2.33. The maximum atomic E-state index is 12.7. The number of nitrogens with zero attached hydrogens (tertiary/aromatic N) is 1. The standard InChI is InChI=1S/C18H26N2O/c1-14-6-4-7-15(12-14)13-18(21)20-11-3-2-9-17(20)16-8-5-10-19-16/h4,6-7,12,16-17,19H,2-3,5,8-11,13H2,1H3. The van der Waals surface area contributed by atoms with Crippen LogP contribution in [0.3, 0.4) is 0 Å². The molecule has 1 amide bonds. The van der Waals surface area contributed by atoms with Crippen molar-refractivity contribution in [1.29, 1.82) is 0 Å². The number of benzene rings is 1. The van der Waals surface area contributed by atoms with Gasteiger partial charge < -0.3 is 10.2 Å². The van der Waals surface area contributed by atoms with Crippen LogP contribution in [-0.4, -0.2) is 36.0 Å². The van der Waals surface area contributed by atoms with Gasteiger partial charge in [-0.3, -0.25) is 4.79 Å². The Bertz CT molecular complexity index is 494. The highest BCUT2D eigenvalue weighted by atomic mass is 16.2. The predicted octanol–water partition coefficient (Wildman–Crippen LogP) is 2.67. The molecule has 0 aromatic heterocycles. The molecular weight excluding hydrogens is 260 g/mol. The molecule has 21 heavy (non-hydrogen) atoms. The summed E-state index contributed by atoms with van der Waals surface area (Å²) in [5.41, 5.74) is 2.37. The monoisotopic (exact) mass is 286 g/mol. The normalized spacial score (nSPS) is 26.0. The van der Waals surface area contributed by atoms with Crippen molar-refractivity contribution in [3.63, 3.8) is 0 Å².